The van der Waals surface area contributed by atoms with Crippen LogP contribution in [0.4, 0.5) is 0 Å². The molecule has 8 heteroatoms. The maximum absolute atomic E-state index is 12.4. The highest BCUT2D eigenvalue weighted by Crippen LogP contribution is 2.39. The molecule has 3 heterocycles. The van der Waals surface area contributed by atoms with Gasteiger partial charge >= 0.3 is 0 Å². The standard InChI is InChI=1S/C19H19N5O3/c25-19(15-7-9-20-22-15)24-10-8-13(11-24)26-16-4-2-1-3-14(16)18-21-17(23-27-18)12-5-6-12/h1-4,7,9,12-13H,5-6,8,10-11H2,(H,20,22). The number of rotatable bonds is 5. The minimum Gasteiger partial charge on any atom is -0.488 e. The van der Waals surface area contributed by atoms with Gasteiger partial charge in [0.05, 0.1) is 12.1 Å². The zero-order valence-electron chi connectivity index (χ0n) is 14.7. The number of hydrogen-bond acceptors (Lipinski definition) is 6. The minimum atomic E-state index is -0.0798. The summed E-state index contributed by atoms with van der Waals surface area (Å²) in [6.07, 6.45) is 4.52. The first-order valence-electron chi connectivity index (χ1n) is 9.16. The van der Waals surface area contributed by atoms with Crippen molar-refractivity contribution >= 4 is 5.91 Å². The first kappa shape index (κ1) is 16.0. The van der Waals surface area contributed by atoms with E-state index in [0.29, 0.717) is 36.3 Å². The predicted octanol–water partition coefficient (Wildman–Crippen LogP) is 2.63. The number of likely N-dealkylation sites (tertiary alicyclic amines) is 1. The van der Waals surface area contributed by atoms with E-state index in [1.54, 1.807) is 17.2 Å². The fourth-order valence-corrected chi connectivity index (χ4v) is 3.33. The summed E-state index contributed by atoms with van der Waals surface area (Å²) in [5, 5.41) is 10.6. The van der Waals surface area contributed by atoms with Crippen molar-refractivity contribution in [3.63, 3.8) is 0 Å². The molecule has 2 fully saturated rings. The van der Waals surface area contributed by atoms with Gasteiger partial charge in [0, 0.05) is 25.1 Å². The van der Waals surface area contributed by atoms with Crippen molar-refractivity contribution in [2.45, 2.75) is 31.3 Å². The van der Waals surface area contributed by atoms with Crippen LogP contribution in [0, 0.1) is 0 Å². The van der Waals surface area contributed by atoms with Crippen molar-refractivity contribution in [3.8, 4) is 17.2 Å². The molecule has 1 unspecified atom stereocenters. The van der Waals surface area contributed by atoms with Gasteiger partial charge in [-0.05, 0) is 31.0 Å². The van der Waals surface area contributed by atoms with Crippen LogP contribution in [-0.4, -0.2) is 50.3 Å². The quantitative estimate of drug-likeness (QED) is 0.746. The molecule has 0 radical (unpaired) electrons. The maximum atomic E-state index is 12.4. The summed E-state index contributed by atoms with van der Waals surface area (Å²) in [6, 6.07) is 9.34. The van der Waals surface area contributed by atoms with Crippen molar-refractivity contribution < 1.29 is 14.1 Å². The lowest BCUT2D eigenvalue weighted by molar-refractivity contribution is 0.0766. The highest BCUT2D eigenvalue weighted by Gasteiger charge is 2.31. The first-order valence-corrected chi connectivity index (χ1v) is 9.16. The number of nitrogens with one attached hydrogen (secondary N) is 1. The molecule has 0 bridgehead atoms. The Hall–Kier alpha value is -3.16. The molecule has 1 saturated carbocycles. The molecule has 5 rings (SSSR count). The van der Waals surface area contributed by atoms with Crippen molar-refractivity contribution in [3.05, 3.63) is 48.0 Å². The maximum Gasteiger partial charge on any atom is 0.271 e. The Balaban J connectivity index is 1.30. The Morgan fingerprint density at radius 1 is 1.22 bits per heavy atom. The Labute approximate surface area is 155 Å². The van der Waals surface area contributed by atoms with E-state index in [1.807, 2.05) is 24.3 Å². The van der Waals surface area contributed by atoms with E-state index in [9.17, 15) is 4.79 Å². The van der Waals surface area contributed by atoms with Crippen molar-refractivity contribution in [2.75, 3.05) is 13.1 Å². The van der Waals surface area contributed by atoms with Crippen LogP contribution in [-0.2, 0) is 0 Å². The summed E-state index contributed by atoms with van der Waals surface area (Å²) in [4.78, 5) is 18.7. The molecule has 2 aromatic heterocycles. The van der Waals surface area contributed by atoms with Gasteiger partial charge in [0.15, 0.2) is 5.82 Å². The average Bonchev–Trinajstić information content (AvgIpc) is 3.12. The summed E-state index contributed by atoms with van der Waals surface area (Å²) in [6.45, 7) is 1.18. The monoisotopic (exact) mass is 365 g/mol. The van der Waals surface area contributed by atoms with E-state index in [-0.39, 0.29) is 12.0 Å². The third-order valence-electron chi connectivity index (χ3n) is 4.96. The number of amides is 1. The topological polar surface area (TPSA) is 97.1 Å². The molecule has 1 aliphatic heterocycles. The molecule has 2 aliphatic rings. The van der Waals surface area contributed by atoms with Gasteiger partial charge in [-0.2, -0.15) is 10.1 Å². The van der Waals surface area contributed by atoms with E-state index < -0.39 is 0 Å². The number of aromatic amines is 1. The minimum absolute atomic E-state index is 0.0575. The van der Waals surface area contributed by atoms with Crippen LogP contribution < -0.4 is 4.74 Å². The molecule has 27 heavy (non-hydrogen) atoms. The summed E-state index contributed by atoms with van der Waals surface area (Å²) < 4.78 is 11.6. The van der Waals surface area contributed by atoms with Crippen molar-refractivity contribution in [1.29, 1.82) is 0 Å². The summed E-state index contributed by atoms with van der Waals surface area (Å²) in [5.41, 5.74) is 1.28. The molecule has 1 aromatic carbocycles. The van der Waals surface area contributed by atoms with E-state index in [1.165, 1.54) is 0 Å². The third-order valence-corrected chi connectivity index (χ3v) is 4.96. The highest BCUT2D eigenvalue weighted by molar-refractivity contribution is 5.92. The lowest BCUT2D eigenvalue weighted by atomic mass is 10.2. The predicted molar refractivity (Wildman–Crippen MR) is 95.2 cm³/mol. The van der Waals surface area contributed by atoms with Crippen LogP contribution in [0.2, 0.25) is 0 Å². The molecule has 1 amide bonds. The SMILES string of the molecule is O=C(c1ccn[nH]1)N1CCC(Oc2ccccc2-c2nc(C3CC3)no2)C1. The van der Waals surface area contributed by atoms with Crippen LogP contribution in [0.15, 0.2) is 41.1 Å². The molecule has 3 aromatic rings. The number of carbonyl (C=O) groups is 1. The lowest BCUT2D eigenvalue weighted by Crippen LogP contribution is -2.31. The van der Waals surface area contributed by atoms with Crippen LogP contribution in [0.5, 0.6) is 5.75 Å². The smallest absolute Gasteiger partial charge is 0.271 e. The fourth-order valence-electron chi connectivity index (χ4n) is 3.33. The van der Waals surface area contributed by atoms with Gasteiger partial charge in [-0.15, -0.1) is 0 Å². The molecule has 0 spiro atoms. The fraction of sp³-hybridized carbons (Fsp3) is 0.368. The van der Waals surface area contributed by atoms with Gasteiger partial charge < -0.3 is 14.2 Å². The van der Waals surface area contributed by atoms with Crippen molar-refractivity contribution in [2.24, 2.45) is 0 Å². The molecule has 1 aliphatic carbocycles. The van der Waals surface area contributed by atoms with Crippen LogP contribution in [0.25, 0.3) is 11.5 Å². The third kappa shape index (κ3) is 3.18. The van der Waals surface area contributed by atoms with E-state index in [2.05, 4.69) is 20.3 Å². The number of H-pyrrole nitrogens is 1. The first-order chi connectivity index (χ1) is 13.3. The Bertz CT molecular complexity index is 948. The number of ether oxygens (including phenoxy) is 1. The Morgan fingerprint density at radius 2 is 2.11 bits per heavy atom. The number of aromatic nitrogens is 4. The summed E-state index contributed by atoms with van der Waals surface area (Å²) in [5.74, 6) is 2.34. The summed E-state index contributed by atoms with van der Waals surface area (Å²) in [7, 11) is 0. The van der Waals surface area contributed by atoms with E-state index in [0.717, 1.165) is 30.7 Å². The molecule has 1 atom stereocenters. The number of nitrogens with zero attached hydrogens (tertiary/aromatic N) is 4. The number of hydrogen-bond donors (Lipinski definition) is 1. The lowest BCUT2D eigenvalue weighted by Gasteiger charge is -2.17. The normalized spacial score (nSPS) is 19.4. The average molecular weight is 365 g/mol. The number of benzene rings is 1. The molecule has 8 nitrogen and oxygen atoms in total. The van der Waals surface area contributed by atoms with Crippen LogP contribution in [0.1, 0.15) is 41.5 Å². The Kier molecular flexibility index (Phi) is 3.88. The van der Waals surface area contributed by atoms with Gasteiger partial charge in [-0.25, -0.2) is 0 Å². The molecular formula is C19H19N5O3. The molecule has 1 saturated heterocycles. The van der Waals surface area contributed by atoms with Gasteiger partial charge in [0.25, 0.3) is 11.8 Å². The van der Waals surface area contributed by atoms with Gasteiger partial charge in [0.1, 0.15) is 17.5 Å². The van der Waals surface area contributed by atoms with E-state index >= 15 is 0 Å². The second-order valence-electron chi connectivity index (χ2n) is 6.98. The summed E-state index contributed by atoms with van der Waals surface area (Å²) >= 11 is 0. The molecule has 1 N–H and O–H groups in total. The number of para-hydroxylation sites is 1. The second-order valence-corrected chi connectivity index (χ2v) is 6.98. The van der Waals surface area contributed by atoms with Gasteiger partial charge in [-0.3, -0.25) is 9.89 Å². The Morgan fingerprint density at radius 3 is 2.93 bits per heavy atom. The molecule has 138 valence electrons. The van der Waals surface area contributed by atoms with Gasteiger partial charge in [0.2, 0.25) is 0 Å². The second kappa shape index (κ2) is 6.53. The highest BCUT2D eigenvalue weighted by atomic mass is 16.5. The largest absolute Gasteiger partial charge is 0.488 e. The van der Waals surface area contributed by atoms with E-state index in [4.69, 9.17) is 9.26 Å². The van der Waals surface area contributed by atoms with Crippen LogP contribution in [0.3, 0.4) is 0 Å². The zero-order valence-corrected chi connectivity index (χ0v) is 14.7. The van der Waals surface area contributed by atoms with Crippen molar-refractivity contribution in [1.82, 2.24) is 25.2 Å². The van der Waals surface area contributed by atoms with Gasteiger partial charge in [-0.1, -0.05) is 17.3 Å². The van der Waals surface area contributed by atoms with Crippen LogP contribution >= 0.6 is 0 Å². The number of carbonyl (C=O) groups excluding carboxylic acids is 1. The zero-order chi connectivity index (χ0) is 18.2. The molecular weight excluding hydrogens is 346 g/mol.